The number of fused-ring (bicyclic) bond motifs is 2. The Morgan fingerprint density at radius 3 is 2.76 bits per heavy atom. The van der Waals surface area contributed by atoms with E-state index in [0.29, 0.717) is 52.8 Å². The minimum atomic E-state index is -3.04. The van der Waals surface area contributed by atoms with Gasteiger partial charge in [0.1, 0.15) is 17.9 Å². The van der Waals surface area contributed by atoms with Crippen LogP contribution in [0, 0.1) is 6.92 Å². The molecule has 212 valence electrons. The zero-order valence-electron chi connectivity index (χ0n) is 22.8. The van der Waals surface area contributed by atoms with Crippen molar-refractivity contribution in [2.24, 2.45) is 0 Å². The van der Waals surface area contributed by atoms with Gasteiger partial charge in [0.25, 0.3) is 5.92 Å². The number of anilines is 2. The van der Waals surface area contributed by atoms with Crippen molar-refractivity contribution < 1.29 is 23.0 Å². The van der Waals surface area contributed by atoms with Crippen LogP contribution < -0.4 is 19.5 Å². The van der Waals surface area contributed by atoms with Gasteiger partial charge in [-0.3, -0.25) is 0 Å². The van der Waals surface area contributed by atoms with Crippen LogP contribution in [0.1, 0.15) is 18.9 Å². The van der Waals surface area contributed by atoms with Crippen LogP contribution in [0.15, 0.2) is 61.3 Å². The van der Waals surface area contributed by atoms with Gasteiger partial charge in [-0.2, -0.15) is 5.10 Å². The number of nitrogens with one attached hydrogen (secondary N) is 1. The Bertz CT molecular complexity index is 1710. The minimum Gasteiger partial charge on any atom is -0.490 e. The lowest BCUT2D eigenvalue weighted by Crippen LogP contribution is -2.52. The summed E-state index contributed by atoms with van der Waals surface area (Å²) in [4.78, 5) is 14.7. The molecule has 3 aromatic heterocycles. The fourth-order valence-electron chi connectivity index (χ4n) is 4.91. The SMILES string of the molecule is CCOc1ccc2ncnc(Nc3ccc(Oc4cnc5ccnn5c4)c(C)c3)c2c1O[C@@H]1CCN(C)CC1(F)F. The Hall–Kier alpha value is -4.58. The first-order chi connectivity index (χ1) is 19.8. The van der Waals surface area contributed by atoms with Gasteiger partial charge in [-0.25, -0.2) is 28.2 Å². The van der Waals surface area contributed by atoms with Crippen LogP contribution in [0.4, 0.5) is 20.3 Å². The predicted octanol–water partition coefficient (Wildman–Crippen LogP) is 5.63. The lowest BCUT2D eigenvalue weighted by Gasteiger charge is -2.36. The molecule has 0 amide bonds. The summed E-state index contributed by atoms with van der Waals surface area (Å²) in [5, 5.41) is 7.96. The van der Waals surface area contributed by atoms with Crippen molar-refractivity contribution in [3.8, 4) is 23.0 Å². The molecular formula is C29H29F2N7O3. The van der Waals surface area contributed by atoms with Crippen molar-refractivity contribution in [3.63, 3.8) is 0 Å². The fraction of sp³-hybridized carbons (Fsp3) is 0.310. The second kappa shape index (κ2) is 10.8. The molecule has 1 saturated heterocycles. The molecule has 0 radical (unpaired) electrons. The van der Waals surface area contributed by atoms with Crippen LogP contribution in [-0.4, -0.2) is 68.2 Å². The first kappa shape index (κ1) is 26.6. The van der Waals surface area contributed by atoms with Crippen LogP contribution in [0.5, 0.6) is 23.0 Å². The number of hydrogen-bond acceptors (Lipinski definition) is 9. The zero-order chi connectivity index (χ0) is 28.6. The molecule has 0 spiro atoms. The zero-order valence-corrected chi connectivity index (χ0v) is 22.8. The van der Waals surface area contributed by atoms with Crippen LogP contribution in [0.25, 0.3) is 16.6 Å². The molecule has 1 aliphatic rings. The highest BCUT2D eigenvalue weighted by molar-refractivity contribution is 5.97. The van der Waals surface area contributed by atoms with Crippen molar-refractivity contribution in [1.29, 1.82) is 0 Å². The second-order valence-corrected chi connectivity index (χ2v) is 9.97. The number of likely N-dealkylation sites (tertiary alicyclic amines) is 1. The van der Waals surface area contributed by atoms with Crippen LogP contribution in [-0.2, 0) is 0 Å². The average molecular weight is 562 g/mol. The monoisotopic (exact) mass is 561 g/mol. The minimum absolute atomic E-state index is 0.172. The maximum Gasteiger partial charge on any atom is 0.296 e. The number of nitrogens with zero attached hydrogens (tertiary/aromatic N) is 6. The van der Waals surface area contributed by atoms with E-state index in [9.17, 15) is 8.78 Å². The normalized spacial score (nSPS) is 17.0. The molecule has 0 saturated carbocycles. The lowest BCUT2D eigenvalue weighted by atomic mass is 10.0. The highest BCUT2D eigenvalue weighted by atomic mass is 19.3. The number of ether oxygens (including phenoxy) is 3. The summed E-state index contributed by atoms with van der Waals surface area (Å²) >= 11 is 0. The van der Waals surface area contributed by atoms with E-state index in [1.807, 2.05) is 32.0 Å². The summed E-state index contributed by atoms with van der Waals surface area (Å²) in [5.41, 5.74) is 2.83. The third kappa shape index (κ3) is 5.42. The Morgan fingerprint density at radius 1 is 1.10 bits per heavy atom. The topological polar surface area (TPSA) is 98.9 Å². The molecule has 1 aliphatic heterocycles. The van der Waals surface area contributed by atoms with Crippen molar-refractivity contribution in [1.82, 2.24) is 29.5 Å². The number of benzene rings is 2. The smallest absolute Gasteiger partial charge is 0.296 e. The highest BCUT2D eigenvalue weighted by Crippen LogP contribution is 2.42. The number of alkyl halides is 2. The summed E-state index contributed by atoms with van der Waals surface area (Å²) < 4.78 is 49.5. The average Bonchev–Trinajstić information content (AvgIpc) is 3.41. The highest BCUT2D eigenvalue weighted by Gasteiger charge is 2.46. The van der Waals surface area contributed by atoms with Crippen LogP contribution in [0.3, 0.4) is 0 Å². The van der Waals surface area contributed by atoms with Gasteiger partial charge in [0.2, 0.25) is 0 Å². The number of aryl methyl sites for hydroxylation is 1. The molecular weight excluding hydrogens is 532 g/mol. The number of halogens is 2. The molecule has 5 aromatic rings. The first-order valence-corrected chi connectivity index (χ1v) is 13.3. The third-order valence-corrected chi connectivity index (χ3v) is 6.89. The van der Waals surface area contributed by atoms with E-state index in [2.05, 4.69) is 25.4 Å². The van der Waals surface area contributed by atoms with Gasteiger partial charge >= 0.3 is 0 Å². The molecule has 41 heavy (non-hydrogen) atoms. The molecule has 0 unspecified atom stereocenters. The van der Waals surface area contributed by atoms with Gasteiger partial charge in [-0.1, -0.05) is 0 Å². The molecule has 12 heteroatoms. The lowest BCUT2D eigenvalue weighted by molar-refractivity contribution is -0.135. The summed E-state index contributed by atoms with van der Waals surface area (Å²) in [6.07, 6.45) is 5.34. The number of aromatic nitrogens is 5. The Balaban J connectivity index is 1.32. The molecule has 1 fully saturated rings. The Morgan fingerprint density at radius 2 is 1.95 bits per heavy atom. The van der Waals surface area contributed by atoms with Gasteiger partial charge in [-0.15, -0.1) is 0 Å². The van der Waals surface area contributed by atoms with E-state index in [1.54, 1.807) is 53.3 Å². The van der Waals surface area contributed by atoms with E-state index in [0.717, 1.165) is 11.2 Å². The maximum absolute atomic E-state index is 15.0. The molecule has 6 rings (SSSR count). The van der Waals surface area contributed by atoms with E-state index in [-0.39, 0.29) is 18.7 Å². The molecule has 0 bridgehead atoms. The molecule has 0 aliphatic carbocycles. The fourth-order valence-corrected chi connectivity index (χ4v) is 4.91. The Labute approximate surface area is 234 Å². The molecule has 2 aromatic carbocycles. The summed E-state index contributed by atoms with van der Waals surface area (Å²) in [6, 6.07) is 10.8. The van der Waals surface area contributed by atoms with Gasteiger partial charge < -0.3 is 24.4 Å². The van der Waals surface area contributed by atoms with Gasteiger partial charge in [0.05, 0.1) is 42.6 Å². The van der Waals surface area contributed by atoms with Gasteiger partial charge in [0, 0.05) is 24.7 Å². The standard InChI is InChI=1S/C29H29F2N7O3/c1-4-39-23-8-6-21-26(27(23)41-24-10-12-37(3)16-29(24,30)31)28(34-17-33-21)36-19-5-7-22(18(2)13-19)40-20-14-32-25-9-11-35-38(25)15-20/h5-9,11,13-15,17,24H,4,10,12,16H2,1-3H3,(H,33,34,36)/t24-/m1/s1. The molecule has 1 atom stereocenters. The van der Waals surface area contributed by atoms with E-state index in [1.165, 1.54) is 6.33 Å². The predicted molar refractivity (Wildman–Crippen MR) is 150 cm³/mol. The third-order valence-electron chi connectivity index (χ3n) is 6.89. The molecule has 1 N–H and O–H groups in total. The number of piperidine rings is 1. The van der Waals surface area contributed by atoms with Crippen molar-refractivity contribution >= 4 is 28.1 Å². The van der Waals surface area contributed by atoms with E-state index in [4.69, 9.17) is 14.2 Å². The second-order valence-electron chi connectivity index (χ2n) is 9.97. The van der Waals surface area contributed by atoms with Crippen molar-refractivity contribution in [2.75, 3.05) is 32.1 Å². The Kier molecular flexibility index (Phi) is 7.00. The van der Waals surface area contributed by atoms with Gasteiger partial charge in [0.15, 0.2) is 29.0 Å². The number of rotatable bonds is 8. The maximum atomic E-state index is 15.0. The van der Waals surface area contributed by atoms with Crippen LogP contribution >= 0.6 is 0 Å². The van der Waals surface area contributed by atoms with E-state index < -0.39 is 12.0 Å². The summed E-state index contributed by atoms with van der Waals surface area (Å²) in [7, 11) is 1.68. The van der Waals surface area contributed by atoms with Gasteiger partial charge in [-0.05, 0) is 56.8 Å². The summed E-state index contributed by atoms with van der Waals surface area (Å²) in [6.45, 7) is 4.20. The van der Waals surface area contributed by atoms with Crippen molar-refractivity contribution in [2.45, 2.75) is 32.3 Å². The van der Waals surface area contributed by atoms with Crippen LogP contribution in [0.2, 0.25) is 0 Å². The number of hydrogen-bond donors (Lipinski definition) is 1. The summed E-state index contributed by atoms with van der Waals surface area (Å²) in [5.74, 6) is -0.891. The first-order valence-electron chi connectivity index (χ1n) is 13.3. The van der Waals surface area contributed by atoms with Crippen molar-refractivity contribution in [3.05, 3.63) is 66.9 Å². The quantitative estimate of drug-likeness (QED) is 0.258. The molecule has 4 heterocycles. The largest absolute Gasteiger partial charge is 0.490 e. The molecule has 10 nitrogen and oxygen atoms in total. The van der Waals surface area contributed by atoms with E-state index >= 15 is 0 Å².